The summed E-state index contributed by atoms with van der Waals surface area (Å²) in [5.74, 6) is -0.493. The summed E-state index contributed by atoms with van der Waals surface area (Å²) in [6.45, 7) is 1.77. The fourth-order valence-electron chi connectivity index (χ4n) is 2.08. The molecule has 3 rings (SSSR count). The highest BCUT2D eigenvalue weighted by molar-refractivity contribution is 6.01. The summed E-state index contributed by atoms with van der Waals surface area (Å²) in [6, 6.07) is 12.5. The zero-order valence-corrected chi connectivity index (χ0v) is 12.4. The van der Waals surface area contributed by atoms with Crippen molar-refractivity contribution in [3.05, 3.63) is 71.5 Å². The topological polar surface area (TPSA) is 91.3 Å². The maximum absolute atomic E-state index is 12.2. The van der Waals surface area contributed by atoms with E-state index in [2.05, 4.69) is 15.5 Å². The predicted molar refractivity (Wildman–Crippen MR) is 86.0 cm³/mol. The summed E-state index contributed by atoms with van der Waals surface area (Å²) < 4.78 is 5.35. The molecule has 0 saturated carbocycles. The molecule has 2 aromatic heterocycles. The van der Waals surface area contributed by atoms with Gasteiger partial charge in [0.2, 0.25) is 5.55 Å². The molecule has 0 radical (unpaired) electrons. The first-order valence-corrected chi connectivity index (χ1v) is 6.97. The molecule has 0 aliphatic carbocycles. The Morgan fingerprint density at radius 3 is 2.87 bits per heavy atom. The average molecular weight is 306 g/mol. The van der Waals surface area contributed by atoms with Crippen LogP contribution in [0, 0.1) is 5.41 Å². The molecular weight excluding hydrogens is 292 g/mol. The summed E-state index contributed by atoms with van der Waals surface area (Å²) in [6.07, 6.45) is 3.32. The number of amides is 1. The first-order valence-electron chi connectivity index (χ1n) is 6.97. The standard InChI is InChI=1S/C17H14N4O2/c1-11(13-6-4-8-19-10-13)20-21-17(22)14-9-12-5-2-3-7-15(12)23-16(14)18/h2-10,18H,1H3,(H,21,22)/b18-16?,20-11+. The van der Waals surface area contributed by atoms with Crippen molar-refractivity contribution in [3.8, 4) is 0 Å². The van der Waals surface area contributed by atoms with Crippen LogP contribution in [0.2, 0.25) is 0 Å². The molecule has 0 aliphatic heterocycles. The van der Waals surface area contributed by atoms with Crippen LogP contribution < -0.4 is 11.0 Å². The average Bonchev–Trinajstić information content (AvgIpc) is 2.59. The van der Waals surface area contributed by atoms with Crippen molar-refractivity contribution in [2.24, 2.45) is 5.10 Å². The molecule has 0 fully saturated rings. The van der Waals surface area contributed by atoms with E-state index in [-0.39, 0.29) is 11.1 Å². The molecule has 0 spiro atoms. The predicted octanol–water partition coefficient (Wildman–Crippen LogP) is 2.46. The zero-order valence-electron chi connectivity index (χ0n) is 12.4. The van der Waals surface area contributed by atoms with Gasteiger partial charge < -0.3 is 4.42 Å². The molecule has 1 aromatic carbocycles. The van der Waals surface area contributed by atoms with Crippen LogP contribution in [0.25, 0.3) is 11.0 Å². The SMILES string of the molecule is C/C(=N\NC(=O)c1cc2ccccc2oc1=N)c1cccnc1. The lowest BCUT2D eigenvalue weighted by molar-refractivity contribution is 0.0950. The Bertz CT molecular complexity index is 945. The Kier molecular flexibility index (Phi) is 3.97. The number of pyridine rings is 1. The smallest absolute Gasteiger partial charge is 0.276 e. The van der Waals surface area contributed by atoms with Crippen molar-refractivity contribution in [1.82, 2.24) is 10.4 Å². The molecule has 0 unspecified atom stereocenters. The van der Waals surface area contributed by atoms with Gasteiger partial charge in [0.25, 0.3) is 5.91 Å². The van der Waals surface area contributed by atoms with E-state index in [4.69, 9.17) is 9.83 Å². The minimum absolute atomic E-state index is 0.131. The lowest BCUT2D eigenvalue weighted by Gasteiger charge is -2.04. The highest BCUT2D eigenvalue weighted by Gasteiger charge is 2.11. The number of hydrogen-bond acceptors (Lipinski definition) is 5. The third-order valence-electron chi connectivity index (χ3n) is 3.32. The third kappa shape index (κ3) is 3.16. The normalized spacial score (nSPS) is 11.4. The Labute approximate surface area is 132 Å². The number of hydrogen-bond donors (Lipinski definition) is 2. The van der Waals surface area contributed by atoms with Gasteiger partial charge in [0.1, 0.15) is 11.1 Å². The van der Waals surface area contributed by atoms with Crippen molar-refractivity contribution in [2.75, 3.05) is 0 Å². The Hall–Kier alpha value is -3.28. The number of aromatic nitrogens is 1. The quantitative estimate of drug-likeness (QED) is 0.575. The largest absolute Gasteiger partial charge is 0.438 e. The van der Waals surface area contributed by atoms with E-state index in [1.807, 2.05) is 24.3 Å². The second kappa shape index (κ2) is 6.23. The van der Waals surface area contributed by atoms with Crippen LogP contribution >= 0.6 is 0 Å². The number of rotatable bonds is 3. The molecule has 2 heterocycles. The van der Waals surface area contributed by atoms with Gasteiger partial charge in [0, 0.05) is 23.3 Å². The van der Waals surface area contributed by atoms with Crippen LogP contribution in [0.4, 0.5) is 0 Å². The van der Waals surface area contributed by atoms with Crippen molar-refractivity contribution >= 4 is 22.6 Å². The number of hydrazone groups is 1. The van der Waals surface area contributed by atoms with Crippen LogP contribution in [-0.2, 0) is 0 Å². The molecule has 0 bridgehead atoms. The molecular formula is C17H14N4O2. The van der Waals surface area contributed by atoms with Crippen LogP contribution in [0.5, 0.6) is 0 Å². The first-order chi connectivity index (χ1) is 11.1. The molecule has 0 saturated heterocycles. The molecule has 23 heavy (non-hydrogen) atoms. The Morgan fingerprint density at radius 1 is 1.26 bits per heavy atom. The van der Waals surface area contributed by atoms with Crippen LogP contribution in [-0.4, -0.2) is 16.6 Å². The number of nitrogens with zero attached hydrogens (tertiary/aromatic N) is 2. The van der Waals surface area contributed by atoms with E-state index < -0.39 is 5.91 Å². The fraction of sp³-hybridized carbons (Fsp3) is 0.0588. The van der Waals surface area contributed by atoms with Gasteiger partial charge in [-0.2, -0.15) is 5.10 Å². The lowest BCUT2D eigenvalue weighted by Crippen LogP contribution is -2.25. The van der Waals surface area contributed by atoms with Crippen molar-refractivity contribution in [3.63, 3.8) is 0 Å². The second-order valence-electron chi connectivity index (χ2n) is 4.91. The highest BCUT2D eigenvalue weighted by Crippen LogP contribution is 2.12. The Morgan fingerprint density at radius 2 is 2.09 bits per heavy atom. The molecule has 0 aliphatic rings. The fourth-order valence-corrected chi connectivity index (χ4v) is 2.08. The zero-order chi connectivity index (χ0) is 16.2. The second-order valence-corrected chi connectivity index (χ2v) is 4.91. The molecule has 0 atom stereocenters. The molecule has 6 nitrogen and oxygen atoms in total. The van der Waals surface area contributed by atoms with Gasteiger partial charge in [-0.1, -0.05) is 24.3 Å². The van der Waals surface area contributed by atoms with E-state index in [0.717, 1.165) is 10.9 Å². The molecule has 114 valence electrons. The van der Waals surface area contributed by atoms with Crippen LogP contribution in [0.15, 0.2) is 64.4 Å². The summed E-state index contributed by atoms with van der Waals surface area (Å²) in [4.78, 5) is 16.2. The van der Waals surface area contributed by atoms with E-state index in [1.54, 1.807) is 37.5 Å². The van der Waals surface area contributed by atoms with E-state index in [0.29, 0.717) is 11.3 Å². The maximum Gasteiger partial charge on any atom is 0.276 e. The summed E-state index contributed by atoms with van der Waals surface area (Å²) in [5, 5.41) is 12.6. The van der Waals surface area contributed by atoms with E-state index in [9.17, 15) is 4.79 Å². The molecule has 2 N–H and O–H groups in total. The summed E-state index contributed by atoms with van der Waals surface area (Å²) in [5.41, 5.74) is 4.36. The molecule has 1 amide bonds. The summed E-state index contributed by atoms with van der Waals surface area (Å²) in [7, 11) is 0. The summed E-state index contributed by atoms with van der Waals surface area (Å²) >= 11 is 0. The van der Waals surface area contributed by atoms with Gasteiger partial charge >= 0.3 is 0 Å². The van der Waals surface area contributed by atoms with Gasteiger partial charge in [0.05, 0.1) is 5.71 Å². The van der Waals surface area contributed by atoms with Gasteiger partial charge in [-0.25, -0.2) is 5.43 Å². The van der Waals surface area contributed by atoms with Crippen molar-refractivity contribution < 1.29 is 9.21 Å². The first kappa shape index (κ1) is 14.6. The third-order valence-corrected chi connectivity index (χ3v) is 3.32. The number of benzene rings is 1. The number of fused-ring (bicyclic) bond motifs is 1. The van der Waals surface area contributed by atoms with Crippen LogP contribution in [0.3, 0.4) is 0 Å². The van der Waals surface area contributed by atoms with Gasteiger partial charge in [-0.15, -0.1) is 0 Å². The van der Waals surface area contributed by atoms with E-state index >= 15 is 0 Å². The Balaban J connectivity index is 1.86. The minimum atomic E-state index is -0.493. The maximum atomic E-state index is 12.2. The molecule has 3 aromatic rings. The van der Waals surface area contributed by atoms with Gasteiger partial charge in [0.15, 0.2) is 0 Å². The van der Waals surface area contributed by atoms with Crippen molar-refractivity contribution in [2.45, 2.75) is 6.92 Å². The number of carbonyl (C=O) groups excluding carboxylic acids is 1. The number of carbonyl (C=O) groups is 1. The van der Waals surface area contributed by atoms with Crippen molar-refractivity contribution in [1.29, 1.82) is 5.41 Å². The van der Waals surface area contributed by atoms with E-state index in [1.165, 1.54) is 0 Å². The highest BCUT2D eigenvalue weighted by atomic mass is 16.3. The number of para-hydroxylation sites is 1. The minimum Gasteiger partial charge on any atom is -0.438 e. The molecule has 6 heteroatoms. The number of nitrogens with one attached hydrogen (secondary N) is 2. The lowest BCUT2D eigenvalue weighted by atomic mass is 10.2. The monoisotopic (exact) mass is 306 g/mol. The van der Waals surface area contributed by atoms with Gasteiger partial charge in [-0.05, 0) is 25.1 Å². The van der Waals surface area contributed by atoms with Crippen LogP contribution in [0.1, 0.15) is 22.8 Å². The van der Waals surface area contributed by atoms with Gasteiger partial charge in [-0.3, -0.25) is 15.2 Å².